The molecule has 2 aromatic rings. The van der Waals surface area contributed by atoms with Crippen LogP contribution >= 0.6 is 0 Å². The van der Waals surface area contributed by atoms with Gasteiger partial charge in [0.05, 0.1) is 12.0 Å². The summed E-state index contributed by atoms with van der Waals surface area (Å²) in [5, 5.41) is 0. The van der Waals surface area contributed by atoms with E-state index < -0.39 is 0 Å². The summed E-state index contributed by atoms with van der Waals surface area (Å²) in [6, 6.07) is 22.2. The highest BCUT2D eigenvalue weighted by Gasteiger charge is 2.39. The van der Waals surface area contributed by atoms with Crippen LogP contribution in [0, 0.1) is 17.8 Å². The average Bonchev–Trinajstić information content (AvgIpc) is 2.81. The molecule has 1 heterocycles. The number of piperidine rings is 1. The molecule has 0 N–H and O–H groups in total. The minimum Gasteiger partial charge on any atom is -0.292 e. The Balaban J connectivity index is 1.70. The third kappa shape index (κ3) is 5.12. The Labute approximate surface area is 177 Å². The summed E-state index contributed by atoms with van der Waals surface area (Å²) >= 11 is 0. The van der Waals surface area contributed by atoms with Crippen molar-refractivity contribution < 1.29 is 0 Å². The van der Waals surface area contributed by atoms with Crippen molar-refractivity contribution >= 4 is 0 Å². The van der Waals surface area contributed by atoms with E-state index >= 15 is 0 Å². The Morgan fingerprint density at radius 2 is 1.38 bits per heavy atom. The molecule has 0 aromatic heterocycles. The fourth-order valence-corrected chi connectivity index (χ4v) is 5.38. The summed E-state index contributed by atoms with van der Waals surface area (Å²) < 4.78 is 0. The fraction of sp³-hybridized carbons (Fsp3) is 0.500. The fourth-order valence-electron chi connectivity index (χ4n) is 5.38. The van der Waals surface area contributed by atoms with Crippen molar-refractivity contribution in [2.24, 2.45) is 5.92 Å². The molecule has 1 nitrogen and oxygen atoms in total. The van der Waals surface area contributed by atoms with E-state index in [0.717, 1.165) is 13.0 Å². The second-order valence-corrected chi connectivity index (χ2v) is 8.97. The van der Waals surface area contributed by atoms with Gasteiger partial charge < -0.3 is 0 Å². The van der Waals surface area contributed by atoms with Gasteiger partial charge in [0.2, 0.25) is 0 Å². The second kappa shape index (κ2) is 10.1. The summed E-state index contributed by atoms with van der Waals surface area (Å²) in [6.45, 7) is 3.36. The van der Waals surface area contributed by atoms with Crippen molar-refractivity contribution in [3.8, 4) is 11.8 Å². The standard InChI is InChI=1S/C28H35N/c1-5-14-25(15-6-1)24-28(26-16-7-2-8-17-26,27-18-9-3-10-19-27)20-13-23-29-21-11-4-12-22-29/h1-2,5-8,14-17,27H,3-4,9-12,18-19,21-24H2/t28-/m1/s1. The summed E-state index contributed by atoms with van der Waals surface area (Å²) in [5.41, 5.74) is 2.76. The van der Waals surface area contributed by atoms with Crippen LogP contribution in [0.4, 0.5) is 0 Å². The molecule has 152 valence electrons. The summed E-state index contributed by atoms with van der Waals surface area (Å²) in [4.78, 5) is 2.55. The van der Waals surface area contributed by atoms with Crippen LogP contribution in [0.2, 0.25) is 0 Å². The molecule has 0 unspecified atom stereocenters. The number of likely N-dealkylation sites (tertiary alicyclic amines) is 1. The molecular weight excluding hydrogens is 350 g/mol. The van der Waals surface area contributed by atoms with E-state index in [0.29, 0.717) is 5.92 Å². The average molecular weight is 386 g/mol. The van der Waals surface area contributed by atoms with Gasteiger partial charge in [-0.2, -0.15) is 0 Å². The van der Waals surface area contributed by atoms with E-state index in [1.807, 2.05) is 0 Å². The first-order chi connectivity index (χ1) is 14.4. The zero-order valence-electron chi connectivity index (χ0n) is 17.8. The highest BCUT2D eigenvalue weighted by molar-refractivity contribution is 5.40. The Hall–Kier alpha value is -2.04. The van der Waals surface area contributed by atoms with Crippen LogP contribution in [-0.2, 0) is 11.8 Å². The lowest BCUT2D eigenvalue weighted by atomic mass is 9.62. The number of hydrogen-bond acceptors (Lipinski definition) is 1. The zero-order valence-corrected chi connectivity index (χ0v) is 17.8. The first-order valence-electron chi connectivity index (χ1n) is 11.7. The van der Waals surface area contributed by atoms with Crippen molar-refractivity contribution in [2.45, 2.75) is 63.2 Å². The van der Waals surface area contributed by atoms with Crippen LogP contribution in [-0.4, -0.2) is 24.5 Å². The maximum atomic E-state index is 3.92. The SMILES string of the molecule is C(#C[C@@](Cc1ccccc1)(c1ccccc1)C1CCCCC1)CN1CCCCC1. The third-order valence-corrected chi connectivity index (χ3v) is 6.98. The van der Waals surface area contributed by atoms with Crippen LogP contribution in [0.3, 0.4) is 0 Å². The molecule has 2 aliphatic rings. The van der Waals surface area contributed by atoms with E-state index in [2.05, 4.69) is 77.4 Å². The molecule has 0 radical (unpaired) electrons. The maximum absolute atomic E-state index is 3.92. The highest BCUT2D eigenvalue weighted by Crippen LogP contribution is 2.43. The molecule has 1 saturated heterocycles. The monoisotopic (exact) mass is 385 g/mol. The van der Waals surface area contributed by atoms with Gasteiger partial charge >= 0.3 is 0 Å². The molecular formula is C28H35N. The van der Waals surface area contributed by atoms with Crippen molar-refractivity contribution in [2.75, 3.05) is 19.6 Å². The van der Waals surface area contributed by atoms with E-state index in [1.165, 1.54) is 75.6 Å². The van der Waals surface area contributed by atoms with E-state index in [4.69, 9.17) is 0 Å². The quantitative estimate of drug-likeness (QED) is 0.551. The van der Waals surface area contributed by atoms with E-state index in [-0.39, 0.29) is 5.41 Å². The molecule has 1 aliphatic carbocycles. The lowest BCUT2D eigenvalue weighted by Crippen LogP contribution is -2.38. The van der Waals surface area contributed by atoms with E-state index in [9.17, 15) is 0 Å². The normalized spacial score (nSPS) is 20.4. The van der Waals surface area contributed by atoms with Crippen LogP contribution in [0.5, 0.6) is 0 Å². The third-order valence-electron chi connectivity index (χ3n) is 6.98. The smallest absolute Gasteiger partial charge is 0.0631 e. The number of nitrogens with zero attached hydrogens (tertiary/aromatic N) is 1. The summed E-state index contributed by atoms with van der Waals surface area (Å²) in [7, 11) is 0. The first kappa shape index (κ1) is 20.2. The molecule has 0 bridgehead atoms. The van der Waals surface area contributed by atoms with Gasteiger partial charge in [-0.05, 0) is 62.2 Å². The van der Waals surface area contributed by atoms with Gasteiger partial charge in [-0.15, -0.1) is 0 Å². The van der Waals surface area contributed by atoms with Gasteiger partial charge in [0.15, 0.2) is 0 Å². The number of rotatable bonds is 5. The van der Waals surface area contributed by atoms with Gasteiger partial charge in [0, 0.05) is 0 Å². The lowest BCUT2D eigenvalue weighted by molar-refractivity contribution is 0.247. The molecule has 1 saturated carbocycles. The Morgan fingerprint density at radius 3 is 2.07 bits per heavy atom. The van der Waals surface area contributed by atoms with Crippen LogP contribution in [0.1, 0.15) is 62.5 Å². The van der Waals surface area contributed by atoms with Crippen molar-refractivity contribution in [1.82, 2.24) is 4.90 Å². The van der Waals surface area contributed by atoms with Crippen LogP contribution < -0.4 is 0 Å². The van der Waals surface area contributed by atoms with Gasteiger partial charge in [-0.3, -0.25) is 4.90 Å². The van der Waals surface area contributed by atoms with Gasteiger partial charge in [0.1, 0.15) is 0 Å². The Kier molecular flexibility index (Phi) is 7.07. The Bertz CT molecular complexity index is 788. The molecule has 2 fully saturated rings. The molecule has 29 heavy (non-hydrogen) atoms. The van der Waals surface area contributed by atoms with Crippen molar-refractivity contribution in [1.29, 1.82) is 0 Å². The molecule has 1 atom stereocenters. The van der Waals surface area contributed by atoms with Gasteiger partial charge in [0.25, 0.3) is 0 Å². The van der Waals surface area contributed by atoms with Crippen molar-refractivity contribution in [3.63, 3.8) is 0 Å². The Morgan fingerprint density at radius 1 is 0.759 bits per heavy atom. The largest absolute Gasteiger partial charge is 0.292 e. The molecule has 0 amide bonds. The first-order valence-corrected chi connectivity index (χ1v) is 11.7. The predicted octanol–water partition coefficient (Wildman–Crippen LogP) is 6.24. The minimum atomic E-state index is -0.0706. The number of benzene rings is 2. The predicted molar refractivity (Wildman–Crippen MR) is 123 cm³/mol. The van der Waals surface area contributed by atoms with Gasteiger partial charge in [-0.25, -0.2) is 0 Å². The summed E-state index contributed by atoms with van der Waals surface area (Å²) in [6.07, 6.45) is 11.8. The number of hydrogen-bond donors (Lipinski definition) is 0. The molecule has 0 spiro atoms. The minimum absolute atomic E-state index is 0.0706. The topological polar surface area (TPSA) is 3.24 Å². The highest BCUT2D eigenvalue weighted by atomic mass is 15.1. The summed E-state index contributed by atoms with van der Waals surface area (Å²) in [5.74, 6) is 8.26. The molecule has 4 rings (SSSR count). The molecule has 2 aromatic carbocycles. The van der Waals surface area contributed by atoms with Crippen LogP contribution in [0.15, 0.2) is 60.7 Å². The second-order valence-electron chi connectivity index (χ2n) is 8.97. The maximum Gasteiger partial charge on any atom is 0.0631 e. The zero-order chi connectivity index (χ0) is 19.8. The van der Waals surface area contributed by atoms with Crippen molar-refractivity contribution in [3.05, 3.63) is 71.8 Å². The molecule has 1 aliphatic heterocycles. The van der Waals surface area contributed by atoms with E-state index in [1.54, 1.807) is 0 Å². The van der Waals surface area contributed by atoms with Gasteiger partial charge in [-0.1, -0.05) is 98.2 Å². The molecule has 1 heteroatoms. The van der Waals surface area contributed by atoms with Crippen LogP contribution in [0.25, 0.3) is 0 Å². The lowest BCUT2D eigenvalue weighted by Gasteiger charge is -2.40.